The number of nitrogens with zero attached hydrogens (tertiary/aromatic N) is 2. The Hall–Kier alpha value is -3.15. The minimum absolute atomic E-state index is 0.0130. The highest BCUT2D eigenvalue weighted by Crippen LogP contribution is 2.17. The number of amides is 1. The summed E-state index contributed by atoms with van der Waals surface area (Å²) in [5, 5.41) is 2.82. The standard InChI is InChI=1S/C18H17N3O3/c1-12(13-6-8-14(24-2)9-7-13)20-17(22)15-11-19-16-5-3-4-10-21(16)18(15)23/h3-12H,1-2H3,(H,20,22). The normalized spacial score (nSPS) is 11.9. The molecule has 0 spiro atoms. The number of benzene rings is 1. The predicted octanol–water partition coefficient (Wildman–Crippen LogP) is 2.19. The average Bonchev–Trinajstić information content (AvgIpc) is 2.62. The number of rotatable bonds is 4. The fourth-order valence-corrected chi connectivity index (χ4v) is 2.43. The van der Waals surface area contributed by atoms with Gasteiger partial charge in [0.15, 0.2) is 0 Å². The van der Waals surface area contributed by atoms with E-state index in [1.807, 2.05) is 31.2 Å². The van der Waals surface area contributed by atoms with Crippen molar-refractivity contribution in [2.24, 2.45) is 0 Å². The zero-order chi connectivity index (χ0) is 17.1. The van der Waals surface area contributed by atoms with E-state index < -0.39 is 5.91 Å². The number of carbonyl (C=O) groups is 1. The number of methoxy groups -OCH3 is 1. The monoisotopic (exact) mass is 323 g/mol. The lowest BCUT2D eigenvalue weighted by Crippen LogP contribution is -2.33. The molecule has 3 rings (SSSR count). The average molecular weight is 323 g/mol. The summed E-state index contributed by atoms with van der Waals surface area (Å²) < 4.78 is 6.47. The summed E-state index contributed by atoms with van der Waals surface area (Å²) in [7, 11) is 1.60. The molecule has 0 fully saturated rings. The Balaban J connectivity index is 1.84. The van der Waals surface area contributed by atoms with Gasteiger partial charge in [0, 0.05) is 12.4 Å². The van der Waals surface area contributed by atoms with Crippen molar-refractivity contribution >= 4 is 11.6 Å². The molecule has 0 saturated carbocycles. The van der Waals surface area contributed by atoms with E-state index in [-0.39, 0.29) is 17.2 Å². The maximum absolute atomic E-state index is 12.4. The first kappa shape index (κ1) is 15.7. The van der Waals surface area contributed by atoms with Crippen LogP contribution in [0.1, 0.15) is 28.9 Å². The number of ether oxygens (including phenoxy) is 1. The van der Waals surface area contributed by atoms with E-state index in [0.29, 0.717) is 5.65 Å². The second-order valence-corrected chi connectivity index (χ2v) is 5.37. The van der Waals surface area contributed by atoms with E-state index >= 15 is 0 Å². The van der Waals surface area contributed by atoms with Crippen LogP contribution >= 0.6 is 0 Å². The fourth-order valence-electron chi connectivity index (χ4n) is 2.43. The quantitative estimate of drug-likeness (QED) is 0.799. The molecule has 3 aromatic rings. The number of fused-ring (bicyclic) bond motifs is 1. The van der Waals surface area contributed by atoms with Crippen molar-refractivity contribution in [2.75, 3.05) is 7.11 Å². The first-order valence-electron chi connectivity index (χ1n) is 7.51. The van der Waals surface area contributed by atoms with Gasteiger partial charge in [0.1, 0.15) is 17.0 Å². The number of hydrogen-bond acceptors (Lipinski definition) is 4. The van der Waals surface area contributed by atoms with Crippen molar-refractivity contribution in [3.05, 3.63) is 76.3 Å². The topological polar surface area (TPSA) is 72.7 Å². The molecule has 2 heterocycles. The van der Waals surface area contributed by atoms with Gasteiger partial charge in [-0.25, -0.2) is 4.98 Å². The molecule has 0 bridgehead atoms. The van der Waals surface area contributed by atoms with E-state index in [0.717, 1.165) is 11.3 Å². The van der Waals surface area contributed by atoms with E-state index in [2.05, 4.69) is 10.3 Å². The molecular formula is C18H17N3O3. The van der Waals surface area contributed by atoms with Crippen LogP contribution in [0.2, 0.25) is 0 Å². The fraction of sp³-hybridized carbons (Fsp3) is 0.167. The lowest BCUT2D eigenvalue weighted by atomic mass is 10.1. The summed E-state index contributed by atoms with van der Waals surface area (Å²) in [5.74, 6) is 0.295. The van der Waals surface area contributed by atoms with E-state index in [9.17, 15) is 9.59 Å². The summed E-state index contributed by atoms with van der Waals surface area (Å²) >= 11 is 0. The third-order valence-electron chi connectivity index (χ3n) is 3.82. The second kappa shape index (κ2) is 6.54. The van der Waals surface area contributed by atoms with Gasteiger partial charge in [0.25, 0.3) is 11.5 Å². The van der Waals surface area contributed by atoms with Crippen LogP contribution in [0.25, 0.3) is 5.65 Å². The highest BCUT2D eigenvalue weighted by molar-refractivity contribution is 5.94. The molecule has 6 heteroatoms. The van der Waals surface area contributed by atoms with Crippen molar-refractivity contribution in [3.8, 4) is 5.75 Å². The van der Waals surface area contributed by atoms with Gasteiger partial charge in [-0.1, -0.05) is 18.2 Å². The van der Waals surface area contributed by atoms with E-state index in [4.69, 9.17) is 4.74 Å². The smallest absolute Gasteiger partial charge is 0.270 e. The van der Waals surface area contributed by atoms with Crippen molar-refractivity contribution in [1.29, 1.82) is 0 Å². The highest BCUT2D eigenvalue weighted by atomic mass is 16.5. The van der Waals surface area contributed by atoms with Crippen LogP contribution in [0.4, 0.5) is 0 Å². The lowest BCUT2D eigenvalue weighted by Gasteiger charge is -2.14. The summed E-state index contributed by atoms with van der Waals surface area (Å²) in [4.78, 5) is 29.0. The largest absolute Gasteiger partial charge is 0.497 e. The van der Waals surface area contributed by atoms with Crippen molar-refractivity contribution < 1.29 is 9.53 Å². The molecule has 1 amide bonds. The Bertz CT molecular complexity index is 932. The molecule has 0 aliphatic carbocycles. The van der Waals surface area contributed by atoms with E-state index in [1.54, 1.807) is 31.5 Å². The molecule has 122 valence electrons. The Morgan fingerprint density at radius 1 is 1.21 bits per heavy atom. The molecule has 6 nitrogen and oxygen atoms in total. The molecule has 1 N–H and O–H groups in total. The lowest BCUT2D eigenvalue weighted by molar-refractivity contribution is 0.0938. The second-order valence-electron chi connectivity index (χ2n) is 5.37. The Morgan fingerprint density at radius 2 is 1.96 bits per heavy atom. The van der Waals surface area contributed by atoms with Crippen LogP contribution in [0.3, 0.4) is 0 Å². The third-order valence-corrected chi connectivity index (χ3v) is 3.82. The zero-order valence-electron chi connectivity index (χ0n) is 13.4. The summed E-state index contributed by atoms with van der Waals surface area (Å²) in [5.41, 5.74) is 1.04. The minimum Gasteiger partial charge on any atom is -0.497 e. The molecule has 0 radical (unpaired) electrons. The first-order chi connectivity index (χ1) is 11.6. The van der Waals surface area contributed by atoms with Crippen LogP contribution in [0, 0.1) is 0 Å². The van der Waals surface area contributed by atoms with Crippen LogP contribution in [0.5, 0.6) is 5.75 Å². The van der Waals surface area contributed by atoms with Gasteiger partial charge >= 0.3 is 0 Å². The van der Waals surface area contributed by atoms with Crippen LogP contribution in [-0.4, -0.2) is 22.4 Å². The molecular weight excluding hydrogens is 306 g/mol. The Kier molecular flexibility index (Phi) is 4.29. The SMILES string of the molecule is COc1ccc(C(C)NC(=O)c2cnc3ccccn3c2=O)cc1. The molecule has 1 unspecified atom stereocenters. The minimum atomic E-state index is -0.450. The van der Waals surface area contributed by atoms with Crippen molar-refractivity contribution in [1.82, 2.24) is 14.7 Å². The molecule has 1 atom stereocenters. The zero-order valence-corrected chi connectivity index (χ0v) is 13.4. The third kappa shape index (κ3) is 2.99. The Morgan fingerprint density at radius 3 is 2.67 bits per heavy atom. The van der Waals surface area contributed by atoms with Gasteiger partial charge in [-0.2, -0.15) is 0 Å². The van der Waals surface area contributed by atoms with Crippen molar-refractivity contribution in [3.63, 3.8) is 0 Å². The first-order valence-corrected chi connectivity index (χ1v) is 7.51. The summed E-state index contributed by atoms with van der Waals surface area (Å²) in [6.07, 6.45) is 2.90. The number of nitrogens with one attached hydrogen (secondary N) is 1. The van der Waals surface area contributed by atoms with Gasteiger partial charge in [-0.3, -0.25) is 14.0 Å². The number of aromatic nitrogens is 2. The van der Waals surface area contributed by atoms with Gasteiger partial charge in [-0.05, 0) is 36.8 Å². The predicted molar refractivity (Wildman–Crippen MR) is 90.3 cm³/mol. The molecule has 0 saturated heterocycles. The summed E-state index contributed by atoms with van der Waals surface area (Å²) in [6.45, 7) is 1.85. The van der Waals surface area contributed by atoms with E-state index in [1.165, 1.54) is 10.6 Å². The number of carbonyl (C=O) groups excluding carboxylic acids is 1. The molecule has 1 aromatic carbocycles. The maximum Gasteiger partial charge on any atom is 0.270 e. The summed E-state index contributed by atoms with van der Waals surface area (Å²) in [6, 6.07) is 12.4. The van der Waals surface area contributed by atoms with Crippen LogP contribution < -0.4 is 15.6 Å². The Labute approximate surface area is 138 Å². The van der Waals surface area contributed by atoms with Gasteiger partial charge in [-0.15, -0.1) is 0 Å². The number of pyridine rings is 1. The van der Waals surface area contributed by atoms with Crippen LogP contribution in [-0.2, 0) is 0 Å². The number of hydrogen-bond donors (Lipinski definition) is 1. The van der Waals surface area contributed by atoms with Crippen molar-refractivity contribution in [2.45, 2.75) is 13.0 Å². The van der Waals surface area contributed by atoms with Gasteiger partial charge in [0.05, 0.1) is 13.2 Å². The maximum atomic E-state index is 12.4. The molecule has 0 aliphatic rings. The highest BCUT2D eigenvalue weighted by Gasteiger charge is 2.16. The molecule has 2 aromatic heterocycles. The van der Waals surface area contributed by atoms with Gasteiger partial charge in [0.2, 0.25) is 0 Å². The molecule has 0 aliphatic heterocycles. The van der Waals surface area contributed by atoms with Gasteiger partial charge < -0.3 is 10.1 Å². The van der Waals surface area contributed by atoms with Crippen LogP contribution in [0.15, 0.2) is 59.7 Å². The molecule has 24 heavy (non-hydrogen) atoms.